The number of benzene rings is 2. The van der Waals surface area contributed by atoms with Gasteiger partial charge in [0.05, 0.1) is 0 Å². The van der Waals surface area contributed by atoms with Crippen molar-refractivity contribution in [3.63, 3.8) is 0 Å². The molecule has 5 nitrogen and oxygen atoms in total. The zero-order chi connectivity index (χ0) is 27.4. The number of amides is 2. The third-order valence-electron chi connectivity index (χ3n) is 7.47. The number of ketones is 1. The Morgan fingerprint density at radius 3 is 2.11 bits per heavy atom. The molecule has 0 bridgehead atoms. The van der Waals surface area contributed by atoms with E-state index in [0.717, 1.165) is 43.5 Å². The maximum absolute atomic E-state index is 11.8. The van der Waals surface area contributed by atoms with Crippen molar-refractivity contribution in [3.05, 3.63) is 77.5 Å². The highest BCUT2D eigenvalue weighted by Crippen LogP contribution is 2.50. The first-order valence-corrected chi connectivity index (χ1v) is 13.6. The Morgan fingerprint density at radius 2 is 1.70 bits per heavy atom. The van der Waals surface area contributed by atoms with E-state index < -0.39 is 0 Å². The van der Waals surface area contributed by atoms with E-state index in [2.05, 4.69) is 62.2 Å². The fourth-order valence-corrected chi connectivity index (χ4v) is 4.80. The summed E-state index contributed by atoms with van der Waals surface area (Å²) in [5.74, 6) is 0.824. The number of carbonyl (C=O) groups excluding carboxylic acids is 3. The highest BCUT2D eigenvalue weighted by atomic mass is 16.2. The molecule has 0 radical (unpaired) electrons. The molecule has 2 aliphatic carbocycles. The van der Waals surface area contributed by atoms with E-state index in [1.54, 1.807) is 6.92 Å². The number of nitrogens with one attached hydrogen (secondary N) is 2. The number of allylic oxidation sites excluding steroid dienone is 1. The smallest absolute Gasteiger partial charge is 0.227 e. The average molecular weight is 505 g/mol. The molecule has 2 aromatic rings. The molecule has 0 aromatic heterocycles. The van der Waals surface area contributed by atoms with Gasteiger partial charge in [0.15, 0.2) is 0 Å². The SMILES string of the molecule is C=C1NC(=O)C(C)C12Cc1ccc(NC=O)cc1C2.CC(=O)C1CCC1.CCC.CCc1ccccc1. The highest BCUT2D eigenvalue weighted by Gasteiger charge is 2.51. The summed E-state index contributed by atoms with van der Waals surface area (Å²) in [6.07, 6.45) is 8.27. The summed E-state index contributed by atoms with van der Waals surface area (Å²) in [5, 5.41) is 5.53. The van der Waals surface area contributed by atoms with Gasteiger partial charge < -0.3 is 10.6 Å². The van der Waals surface area contributed by atoms with Crippen LogP contribution >= 0.6 is 0 Å². The van der Waals surface area contributed by atoms with E-state index in [9.17, 15) is 14.4 Å². The predicted octanol–water partition coefficient (Wildman–Crippen LogP) is 6.66. The fourth-order valence-electron chi connectivity index (χ4n) is 4.80. The Hall–Kier alpha value is -3.21. The monoisotopic (exact) mass is 504 g/mol. The minimum Gasteiger partial charge on any atom is -0.330 e. The molecule has 37 heavy (non-hydrogen) atoms. The summed E-state index contributed by atoms with van der Waals surface area (Å²) >= 11 is 0. The van der Waals surface area contributed by atoms with Crippen molar-refractivity contribution in [2.24, 2.45) is 17.3 Å². The van der Waals surface area contributed by atoms with E-state index >= 15 is 0 Å². The van der Waals surface area contributed by atoms with Gasteiger partial charge in [-0.25, -0.2) is 0 Å². The predicted molar refractivity (Wildman–Crippen MR) is 152 cm³/mol. The van der Waals surface area contributed by atoms with Crippen LogP contribution in [0.3, 0.4) is 0 Å². The van der Waals surface area contributed by atoms with Crippen molar-refractivity contribution in [1.82, 2.24) is 5.32 Å². The molecule has 1 spiro atoms. The van der Waals surface area contributed by atoms with Gasteiger partial charge >= 0.3 is 0 Å². The van der Waals surface area contributed by atoms with Crippen molar-refractivity contribution in [2.45, 2.75) is 79.6 Å². The minimum absolute atomic E-state index is 0.0593. The molecule has 2 unspecified atom stereocenters. The van der Waals surface area contributed by atoms with Crippen LogP contribution in [-0.4, -0.2) is 18.1 Å². The number of aryl methyl sites for hydroxylation is 1. The molecule has 5 heteroatoms. The third kappa shape index (κ3) is 7.88. The second-order valence-electron chi connectivity index (χ2n) is 10.2. The van der Waals surface area contributed by atoms with Crippen LogP contribution in [0.4, 0.5) is 5.69 Å². The van der Waals surface area contributed by atoms with E-state index in [1.807, 2.05) is 31.2 Å². The summed E-state index contributed by atoms with van der Waals surface area (Å²) in [6, 6.07) is 16.4. The van der Waals surface area contributed by atoms with Gasteiger partial charge in [-0.1, -0.05) is 83.5 Å². The molecule has 1 saturated heterocycles. The lowest BCUT2D eigenvalue weighted by atomic mass is 9.74. The van der Waals surface area contributed by atoms with Gasteiger partial charge in [0.2, 0.25) is 12.3 Å². The number of hydrogen-bond acceptors (Lipinski definition) is 3. The Labute approximate surface area is 223 Å². The molecule has 2 amide bonds. The zero-order valence-electron chi connectivity index (χ0n) is 23.2. The maximum atomic E-state index is 11.8. The van der Waals surface area contributed by atoms with Gasteiger partial charge in [-0.3, -0.25) is 14.4 Å². The third-order valence-corrected chi connectivity index (χ3v) is 7.47. The summed E-state index contributed by atoms with van der Waals surface area (Å²) in [4.78, 5) is 32.8. The number of fused-ring (bicyclic) bond motifs is 1. The first-order chi connectivity index (χ1) is 17.7. The van der Waals surface area contributed by atoms with Gasteiger partial charge in [-0.05, 0) is 67.9 Å². The first kappa shape index (κ1) is 30.0. The lowest BCUT2D eigenvalue weighted by Crippen LogP contribution is -2.28. The van der Waals surface area contributed by atoms with E-state index in [-0.39, 0.29) is 17.2 Å². The molecule has 200 valence electrons. The molecule has 2 fully saturated rings. The number of Topliss-reactive ketones (excluding diaryl/α,β-unsaturated/α-hetero) is 1. The van der Waals surface area contributed by atoms with E-state index in [1.165, 1.54) is 29.5 Å². The molecule has 5 rings (SSSR count). The van der Waals surface area contributed by atoms with Crippen LogP contribution in [0.15, 0.2) is 60.8 Å². The summed E-state index contributed by atoms with van der Waals surface area (Å²) in [7, 11) is 0. The van der Waals surface area contributed by atoms with Crippen molar-refractivity contribution in [1.29, 1.82) is 0 Å². The van der Waals surface area contributed by atoms with Gasteiger partial charge in [0.1, 0.15) is 5.78 Å². The largest absolute Gasteiger partial charge is 0.330 e. The fraction of sp³-hybridized carbons (Fsp3) is 0.469. The Bertz CT molecular complexity index is 1060. The van der Waals surface area contributed by atoms with Gasteiger partial charge in [-0.15, -0.1) is 0 Å². The van der Waals surface area contributed by atoms with Crippen molar-refractivity contribution in [2.75, 3.05) is 5.32 Å². The average Bonchev–Trinajstić information content (AvgIpc) is 3.32. The number of rotatable bonds is 4. The quantitative estimate of drug-likeness (QED) is 0.457. The molecular weight excluding hydrogens is 460 g/mol. The Morgan fingerprint density at radius 1 is 1.08 bits per heavy atom. The van der Waals surface area contributed by atoms with Crippen LogP contribution in [0.2, 0.25) is 0 Å². The van der Waals surface area contributed by atoms with E-state index in [4.69, 9.17) is 0 Å². The standard InChI is InChI=1S/C15H16N2O2.C8H10.C6H10O.C3H8/c1-9-14(19)17-10(2)15(9)6-11-3-4-13(16-8-18)5-12(11)7-15;1-2-8-6-4-3-5-7-8;1-5(7)6-3-2-4-6;1-3-2/h3-5,8-9H,2,6-7H2,1H3,(H,16,18)(H,17,19);3-7H,2H2,1H3;6H,2-4H2,1H3;3H2,1-2H3. The van der Waals surface area contributed by atoms with Crippen LogP contribution in [0.25, 0.3) is 0 Å². The molecule has 2 N–H and O–H groups in total. The van der Waals surface area contributed by atoms with Crippen LogP contribution in [0, 0.1) is 17.3 Å². The Kier molecular flexibility index (Phi) is 11.8. The van der Waals surface area contributed by atoms with Crippen LogP contribution < -0.4 is 10.6 Å². The van der Waals surface area contributed by atoms with Crippen LogP contribution in [0.5, 0.6) is 0 Å². The lowest BCUT2D eigenvalue weighted by Gasteiger charge is -2.26. The first-order valence-electron chi connectivity index (χ1n) is 13.6. The summed E-state index contributed by atoms with van der Waals surface area (Å²) in [6.45, 7) is 14.1. The van der Waals surface area contributed by atoms with Crippen molar-refractivity contribution in [3.8, 4) is 0 Å². The van der Waals surface area contributed by atoms with Gasteiger partial charge in [0, 0.05) is 28.6 Å². The molecule has 1 heterocycles. The Balaban J connectivity index is 0.000000220. The molecule has 1 saturated carbocycles. The number of anilines is 1. The highest BCUT2D eigenvalue weighted by molar-refractivity contribution is 5.86. The lowest BCUT2D eigenvalue weighted by molar-refractivity contribution is -0.123. The maximum Gasteiger partial charge on any atom is 0.227 e. The summed E-state index contributed by atoms with van der Waals surface area (Å²) < 4.78 is 0. The number of carbonyl (C=O) groups is 3. The molecule has 3 aliphatic rings. The van der Waals surface area contributed by atoms with Gasteiger partial charge in [0.25, 0.3) is 0 Å². The van der Waals surface area contributed by atoms with E-state index in [0.29, 0.717) is 18.1 Å². The normalized spacial score (nSPS) is 21.1. The van der Waals surface area contributed by atoms with Crippen LogP contribution in [0.1, 0.15) is 77.0 Å². The molecule has 2 atom stereocenters. The number of hydrogen-bond donors (Lipinski definition) is 2. The van der Waals surface area contributed by atoms with Crippen molar-refractivity contribution >= 4 is 23.8 Å². The molecule has 1 aliphatic heterocycles. The van der Waals surface area contributed by atoms with Crippen LogP contribution in [-0.2, 0) is 33.6 Å². The second kappa shape index (κ2) is 14.5. The molecule has 2 aromatic carbocycles. The minimum atomic E-state index is -0.195. The van der Waals surface area contributed by atoms with Gasteiger partial charge in [-0.2, -0.15) is 0 Å². The summed E-state index contributed by atoms with van der Waals surface area (Å²) in [5.41, 5.74) is 5.26. The molecular formula is C32H44N2O3. The van der Waals surface area contributed by atoms with Crippen molar-refractivity contribution < 1.29 is 14.4 Å². The zero-order valence-corrected chi connectivity index (χ0v) is 23.2. The topological polar surface area (TPSA) is 75.3 Å². The second-order valence-corrected chi connectivity index (χ2v) is 10.2.